The minimum Gasteiger partial charge on any atom is -0.392 e. The Labute approximate surface area is 67.7 Å². The van der Waals surface area contributed by atoms with Crippen LogP contribution in [0.2, 0.25) is 0 Å². The summed E-state index contributed by atoms with van der Waals surface area (Å²) in [5.41, 5.74) is 0. The van der Waals surface area contributed by atoms with Gasteiger partial charge in [-0.1, -0.05) is 0 Å². The van der Waals surface area contributed by atoms with Gasteiger partial charge >= 0.3 is 0 Å². The molecule has 0 aromatic carbocycles. The average molecular weight is 159 g/mol. The van der Waals surface area contributed by atoms with Crippen molar-refractivity contribution < 1.29 is 9.84 Å². The van der Waals surface area contributed by atoms with E-state index >= 15 is 0 Å². The van der Waals surface area contributed by atoms with Gasteiger partial charge in [-0.3, -0.25) is 0 Å². The Kier molecular flexibility index (Phi) is 3.83. The number of nitrogens with one attached hydrogen (secondary N) is 1. The van der Waals surface area contributed by atoms with Crippen LogP contribution < -0.4 is 5.32 Å². The first-order valence-electron chi connectivity index (χ1n) is 4.25. The second-order valence-electron chi connectivity index (χ2n) is 3.05. The van der Waals surface area contributed by atoms with Crippen LogP contribution in [0, 0.1) is 0 Å². The third kappa shape index (κ3) is 2.77. The zero-order valence-corrected chi connectivity index (χ0v) is 7.05. The van der Waals surface area contributed by atoms with Crippen LogP contribution in [-0.2, 0) is 4.74 Å². The smallest absolute Gasteiger partial charge is 0.0694 e. The van der Waals surface area contributed by atoms with E-state index in [1.54, 1.807) is 7.11 Å². The van der Waals surface area contributed by atoms with E-state index < -0.39 is 0 Å². The molecular weight excluding hydrogens is 142 g/mol. The fraction of sp³-hybridized carbons (Fsp3) is 1.00. The summed E-state index contributed by atoms with van der Waals surface area (Å²) in [5.74, 6) is 0. The van der Waals surface area contributed by atoms with Gasteiger partial charge in [0.25, 0.3) is 0 Å². The van der Waals surface area contributed by atoms with Crippen molar-refractivity contribution in [1.29, 1.82) is 0 Å². The van der Waals surface area contributed by atoms with Crippen molar-refractivity contribution in [3.63, 3.8) is 0 Å². The first-order chi connectivity index (χ1) is 5.34. The molecule has 0 radical (unpaired) electrons. The van der Waals surface area contributed by atoms with E-state index in [1.165, 1.54) is 0 Å². The van der Waals surface area contributed by atoms with Gasteiger partial charge in [-0.2, -0.15) is 0 Å². The van der Waals surface area contributed by atoms with Gasteiger partial charge in [-0.15, -0.1) is 0 Å². The molecule has 1 aliphatic rings. The fourth-order valence-corrected chi connectivity index (χ4v) is 1.48. The predicted octanol–water partition coefficient (Wildman–Crippen LogP) is 0.136. The molecule has 0 saturated carbocycles. The highest BCUT2D eigenvalue weighted by Gasteiger charge is 2.21. The van der Waals surface area contributed by atoms with E-state index in [2.05, 4.69) is 5.32 Å². The van der Waals surface area contributed by atoms with Crippen molar-refractivity contribution in [2.24, 2.45) is 0 Å². The molecule has 1 saturated heterocycles. The molecule has 2 atom stereocenters. The number of ether oxygens (including phenoxy) is 1. The highest BCUT2D eigenvalue weighted by molar-refractivity contribution is 4.80. The Balaban J connectivity index is 2.18. The maximum atomic E-state index is 9.48. The summed E-state index contributed by atoms with van der Waals surface area (Å²) in [4.78, 5) is 0. The number of aliphatic hydroxyl groups is 1. The Morgan fingerprint density at radius 1 is 1.64 bits per heavy atom. The first-order valence-corrected chi connectivity index (χ1v) is 4.25. The molecule has 1 rings (SSSR count). The van der Waals surface area contributed by atoms with Gasteiger partial charge in [0.1, 0.15) is 0 Å². The highest BCUT2D eigenvalue weighted by Crippen LogP contribution is 2.10. The van der Waals surface area contributed by atoms with Crippen molar-refractivity contribution >= 4 is 0 Å². The molecule has 2 N–H and O–H groups in total. The standard InChI is InChI=1S/C8H17NO2/c1-11-6-4-7-8(10)3-2-5-9-7/h7-10H,2-6H2,1H3/t7-,8+/m0/s1. The lowest BCUT2D eigenvalue weighted by Gasteiger charge is -2.28. The van der Waals surface area contributed by atoms with Crippen molar-refractivity contribution in [2.45, 2.75) is 31.4 Å². The van der Waals surface area contributed by atoms with Crippen molar-refractivity contribution in [2.75, 3.05) is 20.3 Å². The maximum absolute atomic E-state index is 9.48. The number of aliphatic hydroxyl groups excluding tert-OH is 1. The largest absolute Gasteiger partial charge is 0.392 e. The van der Waals surface area contributed by atoms with Gasteiger partial charge in [-0.05, 0) is 25.8 Å². The molecule has 1 aliphatic heterocycles. The third-order valence-corrected chi connectivity index (χ3v) is 2.18. The van der Waals surface area contributed by atoms with E-state index in [9.17, 15) is 5.11 Å². The van der Waals surface area contributed by atoms with E-state index in [0.29, 0.717) is 0 Å². The number of hydrogen-bond acceptors (Lipinski definition) is 3. The molecule has 0 unspecified atom stereocenters. The minimum atomic E-state index is -0.168. The van der Waals surface area contributed by atoms with Gasteiger partial charge in [0, 0.05) is 19.8 Å². The predicted molar refractivity (Wildman–Crippen MR) is 43.5 cm³/mol. The summed E-state index contributed by atoms with van der Waals surface area (Å²) in [5, 5.41) is 12.8. The van der Waals surface area contributed by atoms with Crippen LogP contribution >= 0.6 is 0 Å². The zero-order valence-electron chi connectivity index (χ0n) is 7.05. The van der Waals surface area contributed by atoms with Crippen LogP contribution in [0.4, 0.5) is 0 Å². The number of methoxy groups -OCH3 is 1. The maximum Gasteiger partial charge on any atom is 0.0694 e. The van der Waals surface area contributed by atoms with Gasteiger partial charge in [0.05, 0.1) is 6.10 Å². The third-order valence-electron chi connectivity index (χ3n) is 2.18. The molecule has 0 aromatic heterocycles. The first kappa shape index (κ1) is 8.97. The summed E-state index contributed by atoms with van der Waals surface area (Å²) < 4.78 is 4.94. The van der Waals surface area contributed by atoms with Crippen LogP contribution in [0.15, 0.2) is 0 Å². The van der Waals surface area contributed by atoms with Crippen LogP contribution in [-0.4, -0.2) is 37.5 Å². The Morgan fingerprint density at radius 2 is 2.45 bits per heavy atom. The summed E-state index contributed by atoms with van der Waals surface area (Å²) in [6, 6.07) is 0.253. The number of rotatable bonds is 3. The minimum absolute atomic E-state index is 0.168. The molecule has 0 aromatic rings. The number of hydrogen-bond donors (Lipinski definition) is 2. The van der Waals surface area contributed by atoms with Gasteiger partial charge in [-0.25, -0.2) is 0 Å². The Morgan fingerprint density at radius 3 is 3.09 bits per heavy atom. The van der Waals surface area contributed by atoms with E-state index in [4.69, 9.17) is 4.74 Å². The van der Waals surface area contributed by atoms with Crippen LogP contribution in [0.25, 0.3) is 0 Å². The summed E-state index contributed by atoms with van der Waals surface area (Å²) in [6.07, 6.45) is 2.77. The van der Waals surface area contributed by atoms with Crippen LogP contribution in [0.1, 0.15) is 19.3 Å². The molecule has 3 heteroatoms. The van der Waals surface area contributed by atoms with Crippen molar-refractivity contribution in [3.05, 3.63) is 0 Å². The molecule has 0 aliphatic carbocycles. The fourth-order valence-electron chi connectivity index (χ4n) is 1.48. The molecule has 0 amide bonds. The molecule has 3 nitrogen and oxygen atoms in total. The lowest BCUT2D eigenvalue weighted by molar-refractivity contribution is 0.0752. The zero-order chi connectivity index (χ0) is 8.10. The average Bonchev–Trinajstić information content (AvgIpc) is 2.03. The van der Waals surface area contributed by atoms with E-state index in [-0.39, 0.29) is 12.1 Å². The highest BCUT2D eigenvalue weighted by atomic mass is 16.5. The Hall–Kier alpha value is -0.120. The molecule has 0 bridgehead atoms. The molecular formula is C8H17NO2. The summed E-state index contributed by atoms with van der Waals surface area (Å²) in [7, 11) is 1.69. The normalized spacial score (nSPS) is 32.2. The summed E-state index contributed by atoms with van der Waals surface area (Å²) >= 11 is 0. The van der Waals surface area contributed by atoms with Crippen molar-refractivity contribution in [1.82, 2.24) is 5.32 Å². The monoisotopic (exact) mass is 159 g/mol. The number of piperidine rings is 1. The lowest BCUT2D eigenvalue weighted by atomic mass is 9.99. The second kappa shape index (κ2) is 4.70. The second-order valence-corrected chi connectivity index (χ2v) is 3.05. The lowest BCUT2D eigenvalue weighted by Crippen LogP contribution is -2.45. The molecule has 11 heavy (non-hydrogen) atoms. The SMILES string of the molecule is COCC[C@@H]1NCCC[C@H]1O. The molecule has 1 fully saturated rings. The molecule has 66 valence electrons. The van der Waals surface area contributed by atoms with E-state index in [1.807, 2.05) is 0 Å². The van der Waals surface area contributed by atoms with Crippen molar-refractivity contribution in [3.8, 4) is 0 Å². The molecule has 0 spiro atoms. The van der Waals surface area contributed by atoms with Gasteiger partial charge in [0.2, 0.25) is 0 Å². The van der Waals surface area contributed by atoms with Crippen LogP contribution in [0.5, 0.6) is 0 Å². The quantitative estimate of drug-likeness (QED) is 0.615. The van der Waals surface area contributed by atoms with E-state index in [0.717, 1.165) is 32.4 Å². The Bertz CT molecular complexity index is 108. The van der Waals surface area contributed by atoms with Crippen LogP contribution in [0.3, 0.4) is 0 Å². The molecule has 1 heterocycles. The summed E-state index contributed by atoms with van der Waals surface area (Å²) in [6.45, 7) is 1.76. The topological polar surface area (TPSA) is 41.5 Å². The van der Waals surface area contributed by atoms with Gasteiger partial charge < -0.3 is 15.2 Å². The van der Waals surface area contributed by atoms with Gasteiger partial charge in [0.15, 0.2) is 0 Å².